The van der Waals surface area contributed by atoms with Gasteiger partial charge in [-0.1, -0.05) is 84.0 Å². The smallest absolute Gasteiger partial charge is 0.102 e. The Morgan fingerprint density at radius 1 is 0.542 bits per heavy atom. The predicted octanol–water partition coefficient (Wildman–Crippen LogP) is 4.77. The minimum absolute atomic E-state index is 0.0951. The maximum absolute atomic E-state index is 12.2. The van der Waals surface area contributed by atoms with Gasteiger partial charge in [0.05, 0.1) is 19.8 Å². The highest BCUT2D eigenvalue weighted by Gasteiger charge is 2.14. The van der Waals surface area contributed by atoms with Gasteiger partial charge in [-0.3, -0.25) is 0 Å². The lowest BCUT2D eigenvalue weighted by atomic mass is 10.0. The van der Waals surface area contributed by atoms with Gasteiger partial charge >= 0.3 is 0 Å². The van der Waals surface area contributed by atoms with E-state index < -0.39 is 4.65 Å². The van der Waals surface area contributed by atoms with Crippen molar-refractivity contribution in [3.63, 3.8) is 0 Å². The van der Waals surface area contributed by atoms with Gasteiger partial charge in [0.25, 0.3) is 0 Å². The molecule has 24 heavy (non-hydrogen) atoms. The van der Waals surface area contributed by atoms with Gasteiger partial charge in [-0.25, -0.2) is 0 Å². The molecule has 0 heterocycles. The molecule has 0 aromatic rings. The molecule has 0 fully saturated rings. The first kappa shape index (κ1) is 23.8. The van der Waals surface area contributed by atoms with Crippen LogP contribution in [-0.4, -0.2) is 47.7 Å². The molecule has 146 valence electrons. The van der Waals surface area contributed by atoms with Gasteiger partial charge in [0.15, 0.2) is 0 Å². The summed E-state index contributed by atoms with van der Waals surface area (Å²) < 4.78 is -0.439. The van der Waals surface area contributed by atoms with Gasteiger partial charge in [-0.15, -0.1) is 0 Å². The molecule has 0 aromatic heterocycles. The van der Waals surface area contributed by atoms with Crippen molar-refractivity contribution in [2.24, 2.45) is 0 Å². The van der Waals surface area contributed by atoms with Crippen LogP contribution in [0.5, 0.6) is 0 Å². The molecular weight excluding hydrogens is 302 g/mol. The van der Waals surface area contributed by atoms with Crippen LogP contribution in [0.3, 0.4) is 0 Å². The number of quaternary nitrogens is 1. The Labute approximate surface area is 150 Å². The van der Waals surface area contributed by atoms with Gasteiger partial charge < -0.3 is 20.1 Å². The first-order valence-corrected chi connectivity index (χ1v) is 10.5. The zero-order chi connectivity index (χ0) is 17.9. The van der Waals surface area contributed by atoms with E-state index in [-0.39, 0.29) is 26.3 Å². The van der Waals surface area contributed by atoms with Crippen molar-refractivity contribution in [1.29, 1.82) is 0 Å². The van der Waals surface area contributed by atoms with Crippen molar-refractivity contribution in [3.05, 3.63) is 5.21 Å². The van der Waals surface area contributed by atoms with E-state index in [2.05, 4.69) is 6.92 Å². The minimum atomic E-state index is -0.439. The fourth-order valence-corrected chi connectivity index (χ4v) is 3.29. The third kappa shape index (κ3) is 15.4. The van der Waals surface area contributed by atoms with Crippen molar-refractivity contribution in [1.82, 2.24) is 0 Å². The second-order valence-corrected chi connectivity index (χ2v) is 7.27. The first-order chi connectivity index (χ1) is 11.7. The summed E-state index contributed by atoms with van der Waals surface area (Å²) in [6.07, 6.45) is 18.3. The number of hydroxylamine groups is 3. The zero-order valence-corrected chi connectivity index (χ0v) is 16.2. The summed E-state index contributed by atoms with van der Waals surface area (Å²) in [6, 6.07) is 0. The quantitative estimate of drug-likeness (QED) is 0.201. The van der Waals surface area contributed by atoms with Crippen LogP contribution in [0, 0.1) is 5.21 Å². The fraction of sp³-hybridized carbons (Fsp3) is 1.00. The molecule has 0 unspecified atom stereocenters. The van der Waals surface area contributed by atoms with Crippen LogP contribution < -0.4 is 0 Å². The van der Waals surface area contributed by atoms with Crippen LogP contribution >= 0.6 is 0 Å². The van der Waals surface area contributed by atoms with Crippen LogP contribution in [0.2, 0.25) is 0 Å². The van der Waals surface area contributed by atoms with Crippen LogP contribution in [0.15, 0.2) is 0 Å². The third-order valence-electron chi connectivity index (χ3n) is 4.93. The molecule has 0 rings (SSSR count). The molecule has 0 spiro atoms. The monoisotopic (exact) mass is 345 g/mol. The molecule has 0 aromatic carbocycles. The normalized spacial score (nSPS) is 12.0. The highest BCUT2D eigenvalue weighted by Crippen LogP contribution is 2.14. The largest absolute Gasteiger partial charge is 0.633 e. The van der Waals surface area contributed by atoms with Crippen molar-refractivity contribution in [3.8, 4) is 0 Å². The average molecular weight is 346 g/mol. The maximum atomic E-state index is 12.2. The van der Waals surface area contributed by atoms with Gasteiger partial charge in [0.1, 0.15) is 13.1 Å². The molecule has 0 amide bonds. The number of unbranched alkanes of at least 4 members (excludes halogenated alkanes) is 13. The van der Waals surface area contributed by atoms with Crippen molar-refractivity contribution in [2.45, 2.75) is 96.8 Å². The summed E-state index contributed by atoms with van der Waals surface area (Å²) in [6.45, 7) is 3.02. The molecule has 0 aliphatic carbocycles. The third-order valence-corrected chi connectivity index (χ3v) is 4.93. The van der Waals surface area contributed by atoms with E-state index in [1.54, 1.807) is 0 Å². The Hall–Kier alpha value is -0.160. The molecule has 0 atom stereocenters. The van der Waals surface area contributed by atoms with Crippen LogP contribution in [-0.2, 0) is 0 Å². The summed E-state index contributed by atoms with van der Waals surface area (Å²) in [7, 11) is 0. The van der Waals surface area contributed by atoms with E-state index in [1.807, 2.05) is 0 Å². The van der Waals surface area contributed by atoms with E-state index >= 15 is 0 Å². The summed E-state index contributed by atoms with van der Waals surface area (Å²) in [5, 5.41) is 30.1. The summed E-state index contributed by atoms with van der Waals surface area (Å²) in [5.41, 5.74) is 0. The summed E-state index contributed by atoms with van der Waals surface area (Å²) in [4.78, 5) is 0. The van der Waals surface area contributed by atoms with Gasteiger partial charge in [-0.05, 0) is 12.8 Å². The van der Waals surface area contributed by atoms with Gasteiger partial charge in [0, 0.05) is 0 Å². The molecule has 0 aliphatic heterocycles. The van der Waals surface area contributed by atoms with Crippen LogP contribution in [0.25, 0.3) is 0 Å². The van der Waals surface area contributed by atoms with E-state index in [0.717, 1.165) is 12.8 Å². The SMILES string of the molecule is CCCCCCCCCCCCCCCC[N+]([O-])(CCO)CCO. The van der Waals surface area contributed by atoms with Gasteiger partial charge in [0.2, 0.25) is 0 Å². The highest BCUT2D eigenvalue weighted by molar-refractivity contribution is 4.51. The van der Waals surface area contributed by atoms with E-state index in [4.69, 9.17) is 10.2 Å². The number of hydrogen-bond acceptors (Lipinski definition) is 3. The van der Waals surface area contributed by atoms with Gasteiger partial charge in [-0.2, -0.15) is 0 Å². The molecule has 2 N–H and O–H groups in total. The molecule has 4 nitrogen and oxygen atoms in total. The van der Waals surface area contributed by atoms with Crippen molar-refractivity contribution in [2.75, 3.05) is 32.8 Å². The topological polar surface area (TPSA) is 63.5 Å². The molecule has 0 saturated heterocycles. The second-order valence-electron chi connectivity index (χ2n) is 7.27. The lowest BCUT2D eigenvalue weighted by Gasteiger charge is -2.42. The highest BCUT2D eigenvalue weighted by atomic mass is 16.5. The average Bonchev–Trinajstić information content (AvgIpc) is 2.55. The standard InChI is InChI=1S/C20H43NO3/c1-2-3-4-5-6-7-8-9-10-11-12-13-14-15-16-21(24,17-19-22)18-20-23/h22-23H,2-20H2,1H3. The molecule has 0 bridgehead atoms. The van der Waals surface area contributed by atoms with E-state index in [1.165, 1.54) is 77.0 Å². The molecule has 4 heteroatoms. The predicted molar refractivity (Wildman–Crippen MR) is 103 cm³/mol. The molecule has 0 saturated carbocycles. The van der Waals surface area contributed by atoms with Crippen molar-refractivity contribution < 1.29 is 14.9 Å². The van der Waals surface area contributed by atoms with Crippen LogP contribution in [0.1, 0.15) is 96.8 Å². The molecule has 0 aliphatic rings. The second kappa shape index (κ2) is 17.7. The minimum Gasteiger partial charge on any atom is -0.633 e. The number of rotatable bonds is 19. The Bertz CT molecular complexity index is 243. The number of nitrogens with zero attached hydrogens (tertiary/aromatic N) is 1. The fourth-order valence-electron chi connectivity index (χ4n) is 3.29. The summed E-state index contributed by atoms with van der Waals surface area (Å²) in [5.74, 6) is 0. The van der Waals surface area contributed by atoms with Crippen molar-refractivity contribution >= 4 is 0 Å². The Morgan fingerprint density at radius 3 is 1.21 bits per heavy atom. The Balaban J connectivity index is 3.30. The van der Waals surface area contributed by atoms with E-state index in [0.29, 0.717) is 6.54 Å². The summed E-state index contributed by atoms with van der Waals surface area (Å²) >= 11 is 0. The first-order valence-electron chi connectivity index (χ1n) is 10.5. The number of aliphatic hydroxyl groups is 2. The molecule has 0 radical (unpaired) electrons. The molecular formula is C20H43NO3. The lowest BCUT2D eigenvalue weighted by molar-refractivity contribution is -0.881. The van der Waals surface area contributed by atoms with Crippen LogP contribution in [0.4, 0.5) is 0 Å². The van der Waals surface area contributed by atoms with E-state index in [9.17, 15) is 5.21 Å². The lowest BCUT2D eigenvalue weighted by Crippen LogP contribution is -2.47. The Morgan fingerprint density at radius 2 is 0.875 bits per heavy atom. The zero-order valence-electron chi connectivity index (χ0n) is 16.2. The Kier molecular flexibility index (Phi) is 17.5. The number of aliphatic hydroxyl groups excluding tert-OH is 2. The maximum Gasteiger partial charge on any atom is 0.102 e. The number of hydrogen-bond donors (Lipinski definition) is 2.